The molecule has 0 amide bonds. The zero-order chi connectivity index (χ0) is 20.2. The van der Waals surface area contributed by atoms with Crippen molar-refractivity contribution in [3.8, 4) is 0 Å². The summed E-state index contributed by atoms with van der Waals surface area (Å²) in [4.78, 5) is 0. The summed E-state index contributed by atoms with van der Waals surface area (Å²) in [5.74, 6) is -0.876. The van der Waals surface area contributed by atoms with Gasteiger partial charge in [-0.25, -0.2) is 0 Å². The highest BCUT2D eigenvalue weighted by atomic mass is 16.9. The minimum Gasteiger partial charge on any atom is -0.327 e. The molecule has 162 valence electrons. The van der Waals surface area contributed by atoms with Crippen LogP contribution in [0.25, 0.3) is 0 Å². The van der Waals surface area contributed by atoms with Crippen LogP contribution in [0.5, 0.6) is 0 Å². The van der Waals surface area contributed by atoms with E-state index in [2.05, 4.69) is 34.3 Å². The van der Waals surface area contributed by atoms with E-state index in [0.29, 0.717) is 19.8 Å². The predicted molar refractivity (Wildman–Crippen MR) is 117 cm³/mol. The van der Waals surface area contributed by atoms with Gasteiger partial charge < -0.3 is 14.2 Å². The molecule has 0 aliphatic carbocycles. The van der Waals surface area contributed by atoms with Crippen LogP contribution in [0, 0.1) is 5.92 Å². The van der Waals surface area contributed by atoms with Crippen LogP contribution in [-0.2, 0) is 14.2 Å². The van der Waals surface area contributed by atoms with Gasteiger partial charge in [-0.3, -0.25) is 0 Å². The van der Waals surface area contributed by atoms with Gasteiger partial charge in [-0.05, 0) is 25.7 Å². The highest BCUT2D eigenvalue weighted by Crippen LogP contribution is 2.32. The summed E-state index contributed by atoms with van der Waals surface area (Å²) in [5, 5.41) is 0. The fraction of sp³-hybridized carbons (Fsp3) is 0.917. The van der Waals surface area contributed by atoms with E-state index in [1.807, 2.05) is 6.08 Å². The van der Waals surface area contributed by atoms with E-state index >= 15 is 0 Å². The number of hydrogen-bond donors (Lipinski definition) is 0. The molecule has 0 N–H and O–H groups in total. The Morgan fingerprint density at radius 1 is 0.630 bits per heavy atom. The van der Waals surface area contributed by atoms with Crippen LogP contribution < -0.4 is 0 Å². The molecule has 1 atom stereocenters. The molecule has 0 fully saturated rings. The molecule has 0 aliphatic rings. The molecule has 3 heteroatoms. The van der Waals surface area contributed by atoms with Crippen LogP contribution in [0.15, 0.2) is 12.7 Å². The summed E-state index contributed by atoms with van der Waals surface area (Å²) < 4.78 is 18.9. The minimum absolute atomic E-state index is 0.0780. The van der Waals surface area contributed by atoms with Gasteiger partial charge in [0.15, 0.2) is 0 Å². The van der Waals surface area contributed by atoms with Crippen molar-refractivity contribution in [2.45, 2.75) is 117 Å². The molecule has 0 aromatic rings. The second-order valence-electron chi connectivity index (χ2n) is 7.61. The first kappa shape index (κ1) is 26.6. The first-order valence-electron chi connectivity index (χ1n) is 11.7. The summed E-state index contributed by atoms with van der Waals surface area (Å²) in [6.07, 6.45) is 17.1. The molecule has 0 radical (unpaired) electrons. The van der Waals surface area contributed by atoms with Gasteiger partial charge in [0.25, 0.3) is 5.97 Å². The van der Waals surface area contributed by atoms with Crippen LogP contribution in [0.2, 0.25) is 0 Å². The Bertz CT molecular complexity index is 290. The van der Waals surface area contributed by atoms with Gasteiger partial charge in [-0.15, -0.1) is 6.58 Å². The van der Waals surface area contributed by atoms with Gasteiger partial charge in [0, 0.05) is 0 Å². The SMILES string of the molecule is C=CC(CCCCCCCC)C(OCCCC)(OCCCC)OCCCC. The number of rotatable bonds is 21. The molecule has 3 nitrogen and oxygen atoms in total. The normalized spacial score (nSPS) is 13.0. The third kappa shape index (κ3) is 12.6. The molecule has 0 saturated carbocycles. The third-order valence-electron chi connectivity index (χ3n) is 5.01. The summed E-state index contributed by atoms with van der Waals surface area (Å²) in [6.45, 7) is 14.9. The van der Waals surface area contributed by atoms with Crippen LogP contribution in [-0.4, -0.2) is 25.8 Å². The maximum Gasteiger partial charge on any atom is 0.289 e. The van der Waals surface area contributed by atoms with Crippen LogP contribution >= 0.6 is 0 Å². The molecular weight excluding hydrogens is 336 g/mol. The molecule has 0 bridgehead atoms. The predicted octanol–water partition coefficient (Wildman–Crippen LogP) is 7.64. The molecule has 0 heterocycles. The van der Waals surface area contributed by atoms with E-state index in [0.717, 1.165) is 44.9 Å². The van der Waals surface area contributed by atoms with Gasteiger partial charge in [0.2, 0.25) is 0 Å². The lowest BCUT2D eigenvalue weighted by atomic mass is 9.97. The van der Waals surface area contributed by atoms with Crippen molar-refractivity contribution in [2.75, 3.05) is 19.8 Å². The number of hydrogen-bond acceptors (Lipinski definition) is 3. The third-order valence-corrected chi connectivity index (χ3v) is 5.01. The van der Waals surface area contributed by atoms with Crippen molar-refractivity contribution < 1.29 is 14.2 Å². The Balaban J connectivity index is 4.95. The lowest BCUT2D eigenvalue weighted by Crippen LogP contribution is -2.46. The van der Waals surface area contributed by atoms with Gasteiger partial charge in [-0.1, -0.05) is 91.6 Å². The molecule has 0 aromatic carbocycles. The van der Waals surface area contributed by atoms with Crippen molar-refractivity contribution in [1.82, 2.24) is 0 Å². The fourth-order valence-corrected chi connectivity index (χ4v) is 3.11. The van der Waals surface area contributed by atoms with Gasteiger partial charge in [-0.2, -0.15) is 0 Å². The summed E-state index contributed by atoms with van der Waals surface area (Å²) in [6, 6.07) is 0. The molecule has 0 saturated heterocycles. The summed E-state index contributed by atoms with van der Waals surface area (Å²) in [5.41, 5.74) is 0. The Morgan fingerprint density at radius 3 is 1.44 bits per heavy atom. The van der Waals surface area contributed by atoms with E-state index in [9.17, 15) is 0 Å². The first-order chi connectivity index (χ1) is 13.2. The lowest BCUT2D eigenvalue weighted by Gasteiger charge is -2.38. The van der Waals surface area contributed by atoms with Crippen LogP contribution in [0.1, 0.15) is 111 Å². The largest absolute Gasteiger partial charge is 0.327 e. The zero-order valence-corrected chi connectivity index (χ0v) is 18.9. The molecule has 0 rings (SSSR count). The molecule has 0 aliphatic heterocycles. The second kappa shape index (κ2) is 19.0. The second-order valence-corrected chi connectivity index (χ2v) is 7.61. The molecule has 27 heavy (non-hydrogen) atoms. The Labute approximate surface area is 170 Å². The van der Waals surface area contributed by atoms with Gasteiger partial charge in [0.1, 0.15) is 0 Å². The van der Waals surface area contributed by atoms with Crippen molar-refractivity contribution in [3.05, 3.63) is 12.7 Å². The quantitative estimate of drug-likeness (QED) is 0.116. The Morgan fingerprint density at radius 2 is 1.04 bits per heavy atom. The van der Waals surface area contributed by atoms with Gasteiger partial charge in [0.05, 0.1) is 25.7 Å². The van der Waals surface area contributed by atoms with Crippen LogP contribution in [0.3, 0.4) is 0 Å². The topological polar surface area (TPSA) is 27.7 Å². The average molecular weight is 385 g/mol. The monoisotopic (exact) mass is 384 g/mol. The van der Waals surface area contributed by atoms with E-state index in [4.69, 9.17) is 14.2 Å². The molecule has 0 spiro atoms. The molecule has 1 unspecified atom stereocenters. The Kier molecular flexibility index (Phi) is 18.7. The first-order valence-corrected chi connectivity index (χ1v) is 11.7. The van der Waals surface area contributed by atoms with Crippen molar-refractivity contribution in [1.29, 1.82) is 0 Å². The van der Waals surface area contributed by atoms with E-state index in [-0.39, 0.29) is 5.92 Å². The summed E-state index contributed by atoms with van der Waals surface area (Å²) >= 11 is 0. The maximum absolute atomic E-state index is 6.30. The van der Waals surface area contributed by atoms with Crippen LogP contribution in [0.4, 0.5) is 0 Å². The fourth-order valence-electron chi connectivity index (χ4n) is 3.11. The smallest absolute Gasteiger partial charge is 0.289 e. The Hall–Kier alpha value is -0.380. The zero-order valence-electron chi connectivity index (χ0n) is 18.9. The van der Waals surface area contributed by atoms with E-state index < -0.39 is 5.97 Å². The number of ether oxygens (including phenoxy) is 3. The average Bonchev–Trinajstić information content (AvgIpc) is 2.67. The maximum atomic E-state index is 6.30. The van der Waals surface area contributed by atoms with Crippen molar-refractivity contribution in [3.63, 3.8) is 0 Å². The molecule has 0 aromatic heterocycles. The number of unbranched alkanes of at least 4 members (excludes halogenated alkanes) is 8. The minimum atomic E-state index is -0.954. The molecular formula is C24H48O3. The highest BCUT2D eigenvalue weighted by Gasteiger charge is 2.40. The highest BCUT2D eigenvalue weighted by molar-refractivity contribution is 4.87. The van der Waals surface area contributed by atoms with Crippen molar-refractivity contribution in [2.24, 2.45) is 5.92 Å². The van der Waals surface area contributed by atoms with E-state index in [1.54, 1.807) is 0 Å². The summed E-state index contributed by atoms with van der Waals surface area (Å²) in [7, 11) is 0. The lowest BCUT2D eigenvalue weighted by molar-refractivity contribution is -0.399. The van der Waals surface area contributed by atoms with Gasteiger partial charge >= 0.3 is 0 Å². The standard InChI is InChI=1S/C24H48O3/c1-6-11-15-16-17-18-19-23(10-5)24(25-20-12-7-2,26-21-13-8-3)27-22-14-9-4/h10,23H,5-9,11-22H2,1-4H3. The van der Waals surface area contributed by atoms with Crippen molar-refractivity contribution >= 4 is 0 Å². The van der Waals surface area contributed by atoms with E-state index in [1.165, 1.54) is 38.5 Å².